The zero-order valence-corrected chi connectivity index (χ0v) is 71.8. The van der Waals surface area contributed by atoms with Crippen LogP contribution in [0.2, 0.25) is 0 Å². The van der Waals surface area contributed by atoms with Crippen LogP contribution in [0.1, 0.15) is 498 Å². The van der Waals surface area contributed by atoms with Crippen molar-refractivity contribution in [2.45, 2.75) is 523 Å². The lowest BCUT2D eigenvalue weighted by atomic mass is 10.0. The molecule has 0 saturated heterocycles. The molecule has 12 nitrogen and oxygen atoms in total. The summed E-state index contributed by atoms with van der Waals surface area (Å²) in [6, 6.07) is 0. The van der Waals surface area contributed by atoms with Crippen molar-refractivity contribution in [1.82, 2.24) is 9.80 Å². The van der Waals surface area contributed by atoms with Gasteiger partial charge in [0.1, 0.15) is 24.4 Å². The maximum atomic E-state index is 12.7. The van der Waals surface area contributed by atoms with E-state index in [0.717, 1.165) is 200 Å². The van der Waals surface area contributed by atoms with Crippen LogP contribution in [0.4, 0.5) is 0 Å². The largest absolute Gasteiger partial charge is 0.462 e. The predicted octanol–water partition coefficient (Wildman–Crippen LogP) is 27.3. The van der Waals surface area contributed by atoms with E-state index in [0.29, 0.717) is 25.7 Å². The summed E-state index contributed by atoms with van der Waals surface area (Å²) in [7, 11) is 0. The molecule has 105 heavy (non-hydrogen) atoms. The highest BCUT2D eigenvalue weighted by Crippen LogP contribution is 2.23. The van der Waals surface area contributed by atoms with Crippen molar-refractivity contribution < 1.29 is 48.3 Å². The summed E-state index contributed by atoms with van der Waals surface area (Å²) in [4.78, 5) is 55.0. The minimum atomic E-state index is -0.0156. The summed E-state index contributed by atoms with van der Waals surface area (Å²) in [5.41, 5.74) is 0. The molecule has 0 aliphatic rings. The molecule has 0 rings (SSSR count). The Morgan fingerprint density at radius 2 is 0.390 bits per heavy atom. The smallest absolute Gasteiger partial charge is 0.306 e. The highest BCUT2D eigenvalue weighted by molar-refractivity contribution is 5.70. The van der Waals surface area contributed by atoms with Gasteiger partial charge in [0, 0.05) is 38.8 Å². The first-order chi connectivity index (χ1) is 51.5. The van der Waals surface area contributed by atoms with Gasteiger partial charge in [0.25, 0.3) is 0 Å². The van der Waals surface area contributed by atoms with Gasteiger partial charge in [0.2, 0.25) is 0 Å². The first-order valence-corrected chi connectivity index (χ1v) is 46.9. The molecule has 0 saturated carbocycles. The van der Waals surface area contributed by atoms with Crippen LogP contribution in [0.3, 0.4) is 0 Å². The molecule has 0 amide bonds. The van der Waals surface area contributed by atoms with Crippen molar-refractivity contribution in [2.24, 2.45) is 0 Å². The summed E-state index contributed by atoms with van der Waals surface area (Å²) in [6.07, 6.45) is 79.8. The van der Waals surface area contributed by atoms with Crippen LogP contribution in [0.15, 0.2) is 0 Å². The Morgan fingerprint density at radius 1 is 0.210 bits per heavy atom. The zero-order valence-electron chi connectivity index (χ0n) is 71.8. The Hall–Kier alpha value is -2.28. The van der Waals surface area contributed by atoms with E-state index < -0.39 is 0 Å². The second kappa shape index (κ2) is 87.3. The fourth-order valence-corrected chi connectivity index (χ4v) is 14.8. The third kappa shape index (κ3) is 79.6. The second-order valence-corrected chi connectivity index (χ2v) is 32.2. The van der Waals surface area contributed by atoms with Crippen LogP contribution in [0.5, 0.6) is 0 Å². The molecule has 0 spiro atoms. The number of ether oxygens (including phenoxy) is 4. The molecule has 0 aliphatic heterocycles. The fraction of sp³-hybridized carbons (Fsp3) is 0.957. The van der Waals surface area contributed by atoms with Crippen LogP contribution in [-0.4, -0.2) is 121 Å². The van der Waals surface area contributed by atoms with Crippen molar-refractivity contribution in [1.29, 1.82) is 0 Å². The summed E-state index contributed by atoms with van der Waals surface area (Å²) in [6.45, 7) is 23.9. The van der Waals surface area contributed by atoms with Gasteiger partial charge in [0.15, 0.2) is 0 Å². The van der Waals surface area contributed by atoms with E-state index in [9.17, 15) is 29.4 Å². The molecule has 2 atom stereocenters. The molecule has 2 N–H and O–H groups in total. The average molecular weight is 1490 g/mol. The molecule has 0 heterocycles. The van der Waals surface area contributed by atoms with Crippen molar-refractivity contribution >= 4 is 23.9 Å². The molecule has 0 aromatic carbocycles. The first kappa shape index (κ1) is 105. The summed E-state index contributed by atoms with van der Waals surface area (Å²) in [5.74, 6) is 0.00764. The SMILES string of the molecule is CCCCCCCCC(CC)OC(=O)CCCCCCCN(CCO)CCCCCCCC(=O)OC(CCCCCCCC)CCCCCCCC.CCCCCCCCC(CCC)OC(=O)CCCCCCCN(CCO)CCCCCCCC(=O)OC(CCCCCCCC)CCCCCCCC. The maximum absolute atomic E-state index is 12.7. The Morgan fingerprint density at radius 3 is 0.600 bits per heavy atom. The van der Waals surface area contributed by atoms with Gasteiger partial charge in [-0.1, -0.05) is 331 Å². The van der Waals surface area contributed by atoms with E-state index in [4.69, 9.17) is 18.9 Å². The number of hydrogen-bond donors (Lipinski definition) is 2. The highest BCUT2D eigenvalue weighted by atomic mass is 16.6. The zero-order chi connectivity index (χ0) is 77.0. The predicted molar refractivity (Wildman–Crippen MR) is 451 cm³/mol. The number of aliphatic hydroxyl groups excluding tert-OH is 2. The molecule has 0 aromatic heterocycles. The van der Waals surface area contributed by atoms with Crippen LogP contribution >= 0.6 is 0 Å². The van der Waals surface area contributed by atoms with Gasteiger partial charge in [-0.25, -0.2) is 0 Å². The Kier molecular flexibility index (Phi) is 87.1. The average Bonchev–Trinajstić information content (AvgIpc) is 1.11. The summed E-state index contributed by atoms with van der Waals surface area (Å²) >= 11 is 0. The van der Waals surface area contributed by atoms with E-state index in [1.54, 1.807) is 0 Å². The minimum absolute atomic E-state index is 0.00488. The molecule has 0 radical (unpaired) electrons. The summed E-state index contributed by atoms with van der Waals surface area (Å²) < 4.78 is 23.7. The van der Waals surface area contributed by atoms with Gasteiger partial charge in [-0.3, -0.25) is 19.2 Å². The van der Waals surface area contributed by atoms with Crippen molar-refractivity contribution in [3.63, 3.8) is 0 Å². The minimum Gasteiger partial charge on any atom is -0.462 e. The molecule has 2 unspecified atom stereocenters. The van der Waals surface area contributed by atoms with Gasteiger partial charge in [-0.15, -0.1) is 0 Å². The topological polar surface area (TPSA) is 152 Å². The summed E-state index contributed by atoms with van der Waals surface area (Å²) in [5, 5.41) is 19.2. The fourth-order valence-electron chi connectivity index (χ4n) is 14.8. The molecule has 0 aromatic rings. The molecular formula is C93H184N2O10. The standard InChI is InChI=1S/C47H93NO5.C46H91NO5/c1-5-9-12-15-20-27-35-44(34-8-4)52-46(50)38-30-23-18-25-32-40-48(42-43-49)41-33-26-19-24-31-39-47(51)53-45(36-28-21-16-13-10-6-2)37-29-22-17-14-11-7-3;1-5-9-12-15-20-27-34-43(8-4)51-45(49)37-30-23-18-25-32-39-47(41-42-48)40-33-26-19-24-31-38-46(50)52-44(35-28-21-16-13-10-6-2)36-29-22-17-14-11-7-3/h44-45,49H,5-43H2,1-4H3;43-44,48H,5-42H2,1-4H3. The third-order valence-corrected chi connectivity index (χ3v) is 21.8. The van der Waals surface area contributed by atoms with E-state index in [1.807, 2.05) is 0 Å². The molecule has 626 valence electrons. The quantitative estimate of drug-likeness (QED) is 0.0339. The number of aliphatic hydroxyl groups is 2. The van der Waals surface area contributed by atoms with E-state index >= 15 is 0 Å². The van der Waals surface area contributed by atoms with E-state index in [-0.39, 0.29) is 61.5 Å². The van der Waals surface area contributed by atoms with Crippen molar-refractivity contribution in [3.05, 3.63) is 0 Å². The number of hydrogen-bond acceptors (Lipinski definition) is 12. The van der Waals surface area contributed by atoms with E-state index in [2.05, 4.69) is 65.2 Å². The Bertz CT molecular complexity index is 1720. The number of carbonyl (C=O) groups excluding carboxylic acids is 4. The molecular weight excluding hydrogens is 1310 g/mol. The third-order valence-electron chi connectivity index (χ3n) is 21.8. The number of rotatable bonds is 85. The van der Waals surface area contributed by atoms with Gasteiger partial charge in [0.05, 0.1) is 13.2 Å². The molecule has 0 fully saturated rings. The van der Waals surface area contributed by atoms with Gasteiger partial charge >= 0.3 is 23.9 Å². The van der Waals surface area contributed by atoms with Gasteiger partial charge < -0.3 is 39.0 Å². The Labute approximate surface area is 654 Å². The first-order valence-electron chi connectivity index (χ1n) is 46.9. The van der Waals surface area contributed by atoms with Gasteiger partial charge in [-0.2, -0.15) is 0 Å². The van der Waals surface area contributed by atoms with Crippen molar-refractivity contribution in [3.8, 4) is 0 Å². The van der Waals surface area contributed by atoms with Crippen LogP contribution in [0, 0.1) is 0 Å². The number of nitrogens with zero attached hydrogens (tertiary/aromatic N) is 2. The number of unbranched alkanes of at least 4 members (excludes halogenated alkanes) is 46. The maximum Gasteiger partial charge on any atom is 0.306 e. The molecule has 0 aliphatic carbocycles. The number of carbonyl (C=O) groups is 4. The van der Waals surface area contributed by atoms with Crippen LogP contribution < -0.4 is 0 Å². The normalized spacial score (nSPS) is 12.2. The highest BCUT2D eigenvalue weighted by Gasteiger charge is 2.19. The second-order valence-electron chi connectivity index (χ2n) is 32.2. The van der Waals surface area contributed by atoms with Crippen molar-refractivity contribution in [2.75, 3.05) is 52.5 Å². The van der Waals surface area contributed by atoms with Crippen LogP contribution in [-0.2, 0) is 38.1 Å². The lowest BCUT2D eigenvalue weighted by Gasteiger charge is -2.21. The van der Waals surface area contributed by atoms with E-state index in [1.165, 1.54) is 257 Å². The van der Waals surface area contributed by atoms with Crippen LogP contribution in [0.25, 0.3) is 0 Å². The number of esters is 4. The molecule has 12 heteroatoms. The Balaban J connectivity index is 0. The van der Waals surface area contributed by atoms with Gasteiger partial charge in [-0.05, 0) is 167 Å². The lowest BCUT2D eigenvalue weighted by molar-refractivity contribution is -0.151. The monoisotopic (exact) mass is 1490 g/mol. The molecule has 0 bridgehead atoms. The lowest BCUT2D eigenvalue weighted by Crippen LogP contribution is -2.29.